The molecule has 0 spiro atoms. The van der Waals surface area contributed by atoms with Gasteiger partial charge in [-0.25, -0.2) is 21.6 Å². The van der Waals surface area contributed by atoms with Crippen molar-refractivity contribution in [2.24, 2.45) is 0 Å². The molecule has 0 saturated heterocycles. The van der Waals surface area contributed by atoms with Crippen LogP contribution in [0.15, 0.2) is 64.4 Å². The summed E-state index contributed by atoms with van der Waals surface area (Å²) in [6, 6.07) is 15.0. The van der Waals surface area contributed by atoms with Crippen LogP contribution in [0.4, 0.5) is 0 Å². The van der Waals surface area contributed by atoms with E-state index in [4.69, 9.17) is 0 Å². The SMILES string of the molecule is CS(=O)(=O)c1ccc(S(=O)(=O)NCCCc2ccccc2)cc1. The van der Waals surface area contributed by atoms with E-state index < -0.39 is 19.9 Å². The summed E-state index contributed by atoms with van der Waals surface area (Å²) in [7, 11) is -6.95. The van der Waals surface area contributed by atoms with Crippen LogP contribution < -0.4 is 4.72 Å². The lowest BCUT2D eigenvalue weighted by Gasteiger charge is -2.07. The maximum atomic E-state index is 12.1. The lowest BCUT2D eigenvalue weighted by Crippen LogP contribution is -2.25. The van der Waals surface area contributed by atoms with Crippen molar-refractivity contribution in [2.75, 3.05) is 12.8 Å². The molecule has 0 fully saturated rings. The highest BCUT2D eigenvalue weighted by atomic mass is 32.2. The van der Waals surface area contributed by atoms with E-state index in [1.165, 1.54) is 24.3 Å². The summed E-state index contributed by atoms with van der Waals surface area (Å²) < 4.78 is 49.6. The minimum absolute atomic E-state index is 0.0598. The van der Waals surface area contributed by atoms with E-state index in [0.29, 0.717) is 13.0 Å². The second kappa shape index (κ2) is 7.25. The van der Waals surface area contributed by atoms with Gasteiger partial charge in [0.05, 0.1) is 9.79 Å². The Labute approximate surface area is 137 Å². The Balaban J connectivity index is 1.94. The largest absolute Gasteiger partial charge is 0.240 e. The predicted octanol–water partition coefficient (Wildman–Crippen LogP) is 2.00. The summed E-state index contributed by atoms with van der Waals surface area (Å²) in [6.45, 7) is 0.324. The Bertz CT molecular complexity index is 843. The first-order valence-corrected chi connectivity index (χ1v) is 10.5. The van der Waals surface area contributed by atoms with Gasteiger partial charge in [0.15, 0.2) is 9.84 Å². The van der Waals surface area contributed by atoms with E-state index in [9.17, 15) is 16.8 Å². The van der Waals surface area contributed by atoms with Crippen LogP contribution in [0.25, 0.3) is 0 Å². The second-order valence-corrected chi connectivity index (χ2v) is 9.01. The first-order chi connectivity index (χ1) is 10.8. The van der Waals surface area contributed by atoms with Gasteiger partial charge in [-0.05, 0) is 42.7 Å². The van der Waals surface area contributed by atoms with Crippen molar-refractivity contribution < 1.29 is 16.8 Å². The van der Waals surface area contributed by atoms with Crippen LogP contribution in [-0.2, 0) is 26.3 Å². The normalized spacial score (nSPS) is 12.2. The lowest BCUT2D eigenvalue weighted by molar-refractivity contribution is 0.578. The van der Waals surface area contributed by atoms with Crippen LogP contribution in [0.2, 0.25) is 0 Å². The molecule has 0 amide bonds. The van der Waals surface area contributed by atoms with Crippen molar-refractivity contribution in [3.63, 3.8) is 0 Å². The third kappa shape index (κ3) is 5.16. The molecule has 0 aliphatic rings. The monoisotopic (exact) mass is 353 g/mol. The molecule has 2 aromatic carbocycles. The topological polar surface area (TPSA) is 80.3 Å². The Morgan fingerprint density at radius 3 is 1.96 bits per heavy atom. The molecule has 2 rings (SSSR count). The van der Waals surface area contributed by atoms with Crippen molar-refractivity contribution in [1.82, 2.24) is 4.72 Å². The molecule has 0 saturated carbocycles. The molecule has 0 aromatic heterocycles. The third-order valence-corrected chi connectivity index (χ3v) is 5.94. The molecular formula is C16H19NO4S2. The Morgan fingerprint density at radius 2 is 1.39 bits per heavy atom. The summed E-state index contributed by atoms with van der Waals surface area (Å²) in [5.41, 5.74) is 1.16. The average molecular weight is 353 g/mol. The van der Waals surface area contributed by atoms with Crippen LogP contribution in [-0.4, -0.2) is 29.6 Å². The highest BCUT2D eigenvalue weighted by Gasteiger charge is 2.14. The van der Waals surface area contributed by atoms with Crippen molar-refractivity contribution in [3.05, 3.63) is 60.2 Å². The molecule has 1 N–H and O–H groups in total. The molecule has 7 heteroatoms. The minimum Gasteiger partial charge on any atom is -0.224 e. The second-order valence-electron chi connectivity index (χ2n) is 5.23. The van der Waals surface area contributed by atoms with E-state index in [2.05, 4.69) is 4.72 Å². The molecule has 5 nitrogen and oxygen atoms in total. The number of aryl methyl sites for hydroxylation is 1. The molecule has 0 atom stereocenters. The molecule has 0 unspecified atom stereocenters. The highest BCUT2D eigenvalue weighted by molar-refractivity contribution is 7.90. The lowest BCUT2D eigenvalue weighted by atomic mass is 10.1. The van der Waals surface area contributed by atoms with Crippen LogP contribution in [0.5, 0.6) is 0 Å². The maximum Gasteiger partial charge on any atom is 0.240 e. The molecular weight excluding hydrogens is 334 g/mol. The molecule has 2 aromatic rings. The van der Waals surface area contributed by atoms with Crippen molar-refractivity contribution >= 4 is 19.9 Å². The molecule has 0 radical (unpaired) electrons. The summed E-state index contributed by atoms with van der Waals surface area (Å²) in [6.07, 6.45) is 2.55. The number of nitrogens with one attached hydrogen (secondary N) is 1. The quantitative estimate of drug-likeness (QED) is 0.772. The van der Waals surface area contributed by atoms with E-state index in [1.54, 1.807) is 0 Å². The van der Waals surface area contributed by atoms with Crippen LogP contribution in [0.1, 0.15) is 12.0 Å². The van der Waals surface area contributed by atoms with Gasteiger partial charge in [0.1, 0.15) is 0 Å². The van der Waals surface area contributed by atoms with E-state index in [0.717, 1.165) is 18.2 Å². The summed E-state index contributed by atoms with van der Waals surface area (Å²) in [5, 5.41) is 0. The number of hydrogen-bond acceptors (Lipinski definition) is 4. The molecule has 0 aliphatic heterocycles. The zero-order valence-corrected chi connectivity index (χ0v) is 14.4. The van der Waals surface area contributed by atoms with E-state index in [1.807, 2.05) is 30.3 Å². The zero-order chi connectivity index (χ0) is 16.9. The van der Waals surface area contributed by atoms with Gasteiger partial charge < -0.3 is 0 Å². The Kier molecular flexibility index (Phi) is 5.56. The van der Waals surface area contributed by atoms with Gasteiger partial charge in [-0.1, -0.05) is 30.3 Å². The fourth-order valence-corrected chi connectivity index (χ4v) is 3.80. The summed E-state index contributed by atoms with van der Waals surface area (Å²) in [4.78, 5) is 0.158. The summed E-state index contributed by atoms with van der Waals surface area (Å²) in [5.74, 6) is 0. The number of sulfonamides is 1. The minimum atomic E-state index is -3.62. The van der Waals surface area contributed by atoms with Gasteiger partial charge in [-0.3, -0.25) is 0 Å². The van der Waals surface area contributed by atoms with Gasteiger partial charge in [-0.15, -0.1) is 0 Å². The van der Waals surface area contributed by atoms with Gasteiger partial charge in [0, 0.05) is 12.8 Å². The molecule has 23 heavy (non-hydrogen) atoms. The number of benzene rings is 2. The van der Waals surface area contributed by atoms with Crippen LogP contribution >= 0.6 is 0 Å². The zero-order valence-electron chi connectivity index (χ0n) is 12.8. The van der Waals surface area contributed by atoms with E-state index >= 15 is 0 Å². The number of hydrogen-bond donors (Lipinski definition) is 1. The maximum absolute atomic E-state index is 12.1. The first-order valence-electron chi connectivity index (χ1n) is 7.13. The molecule has 0 aliphatic carbocycles. The van der Waals surface area contributed by atoms with Gasteiger partial charge >= 0.3 is 0 Å². The first kappa shape index (κ1) is 17.7. The number of sulfone groups is 1. The number of rotatable bonds is 7. The van der Waals surface area contributed by atoms with Gasteiger partial charge in [-0.2, -0.15) is 0 Å². The molecule has 0 bridgehead atoms. The Morgan fingerprint density at radius 1 is 0.826 bits per heavy atom. The summed E-state index contributed by atoms with van der Waals surface area (Å²) >= 11 is 0. The fraction of sp³-hybridized carbons (Fsp3) is 0.250. The Hall–Kier alpha value is -1.70. The van der Waals surface area contributed by atoms with Gasteiger partial charge in [0.25, 0.3) is 0 Å². The van der Waals surface area contributed by atoms with Crippen molar-refractivity contribution in [3.8, 4) is 0 Å². The van der Waals surface area contributed by atoms with Gasteiger partial charge in [0.2, 0.25) is 10.0 Å². The molecule has 124 valence electrons. The van der Waals surface area contributed by atoms with Crippen LogP contribution in [0.3, 0.4) is 0 Å². The standard InChI is InChI=1S/C16H19NO4S2/c1-22(18,19)15-9-11-16(12-10-15)23(20,21)17-13-5-8-14-6-3-2-4-7-14/h2-4,6-7,9-12,17H,5,8,13H2,1H3. The third-order valence-electron chi connectivity index (χ3n) is 3.34. The average Bonchev–Trinajstić information content (AvgIpc) is 2.52. The highest BCUT2D eigenvalue weighted by Crippen LogP contribution is 2.14. The smallest absolute Gasteiger partial charge is 0.224 e. The molecule has 0 heterocycles. The van der Waals surface area contributed by atoms with Crippen LogP contribution in [0, 0.1) is 0 Å². The van der Waals surface area contributed by atoms with Crippen molar-refractivity contribution in [1.29, 1.82) is 0 Å². The predicted molar refractivity (Wildman–Crippen MR) is 89.5 cm³/mol. The van der Waals surface area contributed by atoms with E-state index in [-0.39, 0.29) is 9.79 Å². The van der Waals surface area contributed by atoms with Crippen molar-refractivity contribution in [2.45, 2.75) is 22.6 Å². The fourth-order valence-electron chi connectivity index (χ4n) is 2.09.